The number of allylic oxidation sites excluding steroid dienone is 7. The van der Waals surface area contributed by atoms with Crippen LogP contribution in [0.25, 0.3) is 0 Å². The monoisotopic (exact) mass is 1030 g/mol. The summed E-state index contributed by atoms with van der Waals surface area (Å²) in [6.07, 6.45) is 64.8. The Morgan fingerprint density at radius 2 is 0.781 bits per heavy atom. The molecule has 1 saturated heterocycles. The van der Waals surface area contributed by atoms with Crippen LogP contribution in [0.4, 0.5) is 0 Å². The zero-order valence-corrected chi connectivity index (χ0v) is 47.6. The Morgan fingerprint density at radius 3 is 1.15 bits per heavy atom. The van der Waals surface area contributed by atoms with E-state index in [1.54, 1.807) is 6.08 Å². The van der Waals surface area contributed by atoms with Crippen molar-refractivity contribution in [2.24, 2.45) is 0 Å². The number of hydrogen-bond acceptors (Lipinski definition) is 8. The second kappa shape index (κ2) is 53.5. The highest BCUT2D eigenvalue weighted by Crippen LogP contribution is 2.23. The van der Waals surface area contributed by atoms with E-state index in [4.69, 9.17) is 9.47 Å². The standard InChI is InChI=1S/C64H119NO8/c1-3-5-7-9-11-13-15-17-19-21-23-25-26-27-28-29-30-31-32-33-34-36-38-40-42-44-46-48-50-52-54-60(68)65-57(56-72-64-63(71)62(70)61(69)59(55-66)73-64)58(67)53-51-49-47-45-43-41-39-37-35-24-22-20-18-16-14-12-10-8-6-4-2/h27-28,35,37,43,45,51,53,57-59,61-64,66-67,69-71H,3-26,29-34,36,38-42,44,46-50,52,54-56H2,1-2H3,(H,65,68)/b28-27-,37-35+,45-43+,53-51+. The molecule has 0 saturated carbocycles. The van der Waals surface area contributed by atoms with Crippen LogP contribution in [-0.4, -0.2) is 87.5 Å². The third kappa shape index (κ3) is 42.9. The summed E-state index contributed by atoms with van der Waals surface area (Å²) in [4.78, 5) is 13.1. The molecule has 1 fully saturated rings. The number of carbonyl (C=O) groups is 1. The summed E-state index contributed by atoms with van der Waals surface area (Å²) in [6, 6.07) is -0.829. The lowest BCUT2D eigenvalue weighted by atomic mass is 9.99. The number of amides is 1. The summed E-state index contributed by atoms with van der Waals surface area (Å²) >= 11 is 0. The van der Waals surface area contributed by atoms with Crippen LogP contribution in [0.15, 0.2) is 48.6 Å². The van der Waals surface area contributed by atoms with E-state index in [-0.39, 0.29) is 12.5 Å². The number of carbonyl (C=O) groups excluding carboxylic acids is 1. The first kappa shape index (κ1) is 69.2. The number of rotatable bonds is 54. The van der Waals surface area contributed by atoms with Crippen LogP contribution in [0.1, 0.15) is 296 Å². The number of hydrogen-bond donors (Lipinski definition) is 6. The van der Waals surface area contributed by atoms with Crippen molar-refractivity contribution in [2.45, 2.75) is 339 Å². The van der Waals surface area contributed by atoms with Crippen LogP contribution in [0, 0.1) is 0 Å². The fourth-order valence-electron chi connectivity index (χ4n) is 9.89. The van der Waals surface area contributed by atoms with Gasteiger partial charge in [-0.05, 0) is 70.6 Å². The molecule has 6 N–H and O–H groups in total. The summed E-state index contributed by atoms with van der Waals surface area (Å²) in [5.74, 6) is -0.188. The summed E-state index contributed by atoms with van der Waals surface area (Å²) < 4.78 is 11.3. The normalized spacial score (nSPS) is 19.4. The quantitative estimate of drug-likeness (QED) is 0.0261. The molecule has 1 rings (SSSR count). The van der Waals surface area contributed by atoms with E-state index >= 15 is 0 Å². The maximum atomic E-state index is 13.1. The molecule has 0 aromatic heterocycles. The van der Waals surface area contributed by atoms with Crippen LogP contribution in [0.5, 0.6) is 0 Å². The summed E-state index contributed by atoms with van der Waals surface area (Å²) in [6.45, 7) is 3.79. The van der Waals surface area contributed by atoms with Crippen LogP contribution < -0.4 is 5.32 Å². The van der Waals surface area contributed by atoms with Gasteiger partial charge in [0.2, 0.25) is 5.91 Å². The van der Waals surface area contributed by atoms with Gasteiger partial charge >= 0.3 is 0 Å². The Bertz CT molecular complexity index is 1290. The van der Waals surface area contributed by atoms with E-state index in [0.29, 0.717) is 6.42 Å². The van der Waals surface area contributed by atoms with Crippen molar-refractivity contribution in [3.63, 3.8) is 0 Å². The van der Waals surface area contributed by atoms with Gasteiger partial charge in [-0.2, -0.15) is 0 Å². The Labute approximate surface area is 450 Å². The summed E-state index contributed by atoms with van der Waals surface area (Å²) in [7, 11) is 0. The molecule has 1 heterocycles. The topological polar surface area (TPSA) is 149 Å². The first-order chi connectivity index (χ1) is 35.8. The molecule has 7 atom stereocenters. The molecular formula is C64H119NO8. The lowest BCUT2D eigenvalue weighted by Gasteiger charge is -2.40. The van der Waals surface area contributed by atoms with Crippen molar-refractivity contribution in [3.8, 4) is 0 Å². The van der Waals surface area contributed by atoms with Crippen molar-refractivity contribution < 1.29 is 39.8 Å². The van der Waals surface area contributed by atoms with E-state index < -0.39 is 49.5 Å². The molecule has 1 aliphatic rings. The zero-order chi connectivity index (χ0) is 52.9. The molecule has 9 heteroatoms. The fraction of sp³-hybridized carbons (Fsp3) is 0.859. The minimum atomic E-state index is -1.58. The molecule has 9 nitrogen and oxygen atoms in total. The average molecular weight is 1030 g/mol. The van der Waals surface area contributed by atoms with Gasteiger partial charge in [0.15, 0.2) is 6.29 Å². The first-order valence-electron chi connectivity index (χ1n) is 31.4. The Morgan fingerprint density at radius 1 is 0.452 bits per heavy atom. The van der Waals surface area contributed by atoms with Crippen molar-refractivity contribution in [1.82, 2.24) is 5.32 Å². The fourth-order valence-corrected chi connectivity index (χ4v) is 9.89. The Kier molecular flexibility index (Phi) is 50.7. The van der Waals surface area contributed by atoms with E-state index in [1.165, 1.54) is 231 Å². The van der Waals surface area contributed by atoms with Crippen LogP contribution in [0.2, 0.25) is 0 Å². The van der Waals surface area contributed by atoms with Crippen molar-refractivity contribution >= 4 is 5.91 Å². The third-order valence-corrected chi connectivity index (χ3v) is 14.9. The van der Waals surface area contributed by atoms with Crippen molar-refractivity contribution in [3.05, 3.63) is 48.6 Å². The van der Waals surface area contributed by atoms with E-state index in [1.807, 2.05) is 6.08 Å². The zero-order valence-electron chi connectivity index (χ0n) is 47.6. The molecule has 428 valence electrons. The molecule has 1 aliphatic heterocycles. The van der Waals surface area contributed by atoms with Gasteiger partial charge in [0.25, 0.3) is 0 Å². The van der Waals surface area contributed by atoms with Crippen LogP contribution >= 0.6 is 0 Å². The van der Waals surface area contributed by atoms with Gasteiger partial charge in [0.1, 0.15) is 24.4 Å². The van der Waals surface area contributed by atoms with Crippen molar-refractivity contribution in [2.75, 3.05) is 13.2 Å². The first-order valence-corrected chi connectivity index (χ1v) is 31.4. The highest BCUT2D eigenvalue weighted by molar-refractivity contribution is 5.76. The average Bonchev–Trinajstić information content (AvgIpc) is 3.39. The second-order valence-corrected chi connectivity index (χ2v) is 21.8. The van der Waals surface area contributed by atoms with Gasteiger partial charge in [0.05, 0.1) is 25.4 Å². The number of aliphatic hydroxyl groups excluding tert-OH is 5. The van der Waals surface area contributed by atoms with E-state index in [2.05, 4.69) is 55.6 Å². The molecule has 0 aromatic carbocycles. The lowest BCUT2D eigenvalue weighted by Crippen LogP contribution is -2.60. The largest absolute Gasteiger partial charge is 0.394 e. The third-order valence-electron chi connectivity index (χ3n) is 14.9. The van der Waals surface area contributed by atoms with E-state index in [9.17, 15) is 30.3 Å². The Hall–Kier alpha value is -1.85. The molecule has 7 unspecified atom stereocenters. The number of aliphatic hydroxyl groups is 5. The van der Waals surface area contributed by atoms with Gasteiger partial charge in [-0.15, -0.1) is 0 Å². The molecule has 1 amide bonds. The molecule has 73 heavy (non-hydrogen) atoms. The summed E-state index contributed by atoms with van der Waals surface area (Å²) in [5.41, 5.74) is 0. The molecule has 0 aliphatic carbocycles. The smallest absolute Gasteiger partial charge is 0.220 e. The highest BCUT2D eigenvalue weighted by atomic mass is 16.7. The highest BCUT2D eigenvalue weighted by Gasteiger charge is 2.44. The Balaban J connectivity index is 2.19. The SMILES string of the molecule is CCCCCCCCCCCC/C=C/CC/C=C/CC/C=C/C(O)C(COC1OC(CO)C(O)C(O)C1O)NC(=O)CCCCCCCCCCCCCCCC/C=C\CCCCCCCCCCCCCC. The van der Waals surface area contributed by atoms with Gasteiger partial charge in [-0.1, -0.05) is 268 Å². The molecule has 0 aromatic rings. The number of unbranched alkanes of at least 4 members (excludes halogenated alkanes) is 38. The second-order valence-electron chi connectivity index (χ2n) is 21.8. The van der Waals surface area contributed by atoms with E-state index in [0.717, 1.165) is 44.9 Å². The minimum absolute atomic E-state index is 0.188. The van der Waals surface area contributed by atoms with Gasteiger partial charge in [0, 0.05) is 6.42 Å². The molecular weight excluding hydrogens is 911 g/mol. The molecule has 0 radical (unpaired) electrons. The molecule has 0 spiro atoms. The predicted octanol–water partition coefficient (Wildman–Crippen LogP) is 16.1. The maximum Gasteiger partial charge on any atom is 0.220 e. The van der Waals surface area contributed by atoms with Crippen LogP contribution in [-0.2, 0) is 14.3 Å². The lowest BCUT2D eigenvalue weighted by molar-refractivity contribution is -0.302. The van der Waals surface area contributed by atoms with Gasteiger partial charge < -0.3 is 40.3 Å². The van der Waals surface area contributed by atoms with Crippen molar-refractivity contribution in [1.29, 1.82) is 0 Å². The van der Waals surface area contributed by atoms with Gasteiger partial charge in [-0.25, -0.2) is 0 Å². The van der Waals surface area contributed by atoms with Crippen LogP contribution in [0.3, 0.4) is 0 Å². The number of ether oxygens (including phenoxy) is 2. The molecule has 0 bridgehead atoms. The summed E-state index contributed by atoms with van der Waals surface area (Å²) in [5, 5.41) is 54.5. The van der Waals surface area contributed by atoms with Gasteiger partial charge in [-0.3, -0.25) is 4.79 Å². The maximum absolute atomic E-state index is 13.1. The number of nitrogens with one attached hydrogen (secondary N) is 1. The minimum Gasteiger partial charge on any atom is -0.394 e. The predicted molar refractivity (Wildman–Crippen MR) is 309 cm³/mol.